The van der Waals surface area contributed by atoms with E-state index in [-0.39, 0.29) is 17.0 Å². The van der Waals surface area contributed by atoms with Crippen LogP contribution in [-0.4, -0.2) is 38.3 Å². The molecule has 0 atom stereocenters. The molecule has 0 fully saturated rings. The Labute approximate surface area is 87.0 Å². The summed E-state index contributed by atoms with van der Waals surface area (Å²) in [5, 5.41) is 0. The number of rotatable bonds is 7. The van der Waals surface area contributed by atoms with Crippen LogP contribution in [0.25, 0.3) is 0 Å². The standard InChI is InChI=1S/C9H21NO.BrH/c1-4-6-10(7-5-2)8-9-11-3;/h4-9H2,1-3H3;1H. The van der Waals surface area contributed by atoms with Crippen molar-refractivity contribution in [2.24, 2.45) is 0 Å². The van der Waals surface area contributed by atoms with Gasteiger partial charge in [0.2, 0.25) is 0 Å². The van der Waals surface area contributed by atoms with Gasteiger partial charge in [-0.3, -0.25) is 0 Å². The van der Waals surface area contributed by atoms with Crippen LogP contribution in [0.4, 0.5) is 0 Å². The van der Waals surface area contributed by atoms with E-state index < -0.39 is 0 Å². The number of hydrogen-bond acceptors (Lipinski definition) is 2. The molecule has 0 aliphatic heterocycles. The van der Waals surface area contributed by atoms with Gasteiger partial charge >= 0.3 is 0 Å². The van der Waals surface area contributed by atoms with Crippen molar-refractivity contribution in [3.8, 4) is 0 Å². The van der Waals surface area contributed by atoms with Gasteiger partial charge < -0.3 is 9.64 Å². The second-order valence-electron chi connectivity index (χ2n) is 2.83. The molecular formula is C9H22BrNO. The van der Waals surface area contributed by atoms with Crippen LogP contribution in [0.1, 0.15) is 26.7 Å². The van der Waals surface area contributed by atoms with Crippen LogP contribution >= 0.6 is 17.0 Å². The van der Waals surface area contributed by atoms with E-state index in [4.69, 9.17) is 4.74 Å². The average Bonchev–Trinajstić information content (AvgIpc) is 2.01. The summed E-state index contributed by atoms with van der Waals surface area (Å²) in [5.74, 6) is 0. The third kappa shape index (κ3) is 8.50. The van der Waals surface area contributed by atoms with Crippen molar-refractivity contribution in [1.29, 1.82) is 0 Å². The average molecular weight is 240 g/mol. The molecule has 0 amide bonds. The monoisotopic (exact) mass is 239 g/mol. The molecule has 0 aromatic rings. The van der Waals surface area contributed by atoms with Crippen molar-refractivity contribution in [1.82, 2.24) is 4.90 Å². The molecule has 0 saturated carbocycles. The number of ether oxygens (including phenoxy) is 1. The lowest BCUT2D eigenvalue weighted by Crippen LogP contribution is -2.28. The highest BCUT2D eigenvalue weighted by molar-refractivity contribution is 8.93. The number of hydrogen-bond donors (Lipinski definition) is 0. The summed E-state index contributed by atoms with van der Waals surface area (Å²) in [7, 11) is 1.76. The van der Waals surface area contributed by atoms with Gasteiger partial charge in [0.25, 0.3) is 0 Å². The lowest BCUT2D eigenvalue weighted by molar-refractivity contribution is 0.147. The zero-order valence-electron chi connectivity index (χ0n) is 8.51. The van der Waals surface area contributed by atoms with Gasteiger partial charge in [0.1, 0.15) is 0 Å². The minimum atomic E-state index is 0. The predicted octanol–water partition coefficient (Wildman–Crippen LogP) is 2.33. The Morgan fingerprint density at radius 2 is 1.50 bits per heavy atom. The quantitative estimate of drug-likeness (QED) is 0.677. The topological polar surface area (TPSA) is 12.5 Å². The van der Waals surface area contributed by atoms with Gasteiger partial charge in [-0.15, -0.1) is 17.0 Å². The molecule has 0 unspecified atom stereocenters. The fraction of sp³-hybridized carbons (Fsp3) is 1.00. The zero-order valence-corrected chi connectivity index (χ0v) is 10.2. The van der Waals surface area contributed by atoms with E-state index in [1.54, 1.807) is 7.11 Å². The van der Waals surface area contributed by atoms with Crippen LogP contribution in [0.5, 0.6) is 0 Å². The first-order valence-corrected chi connectivity index (χ1v) is 4.56. The SMILES string of the molecule is Br.CCCN(CCC)CCOC. The first-order chi connectivity index (χ1) is 5.35. The van der Waals surface area contributed by atoms with E-state index in [1.165, 1.54) is 25.9 Å². The Hall–Kier alpha value is 0.400. The molecule has 12 heavy (non-hydrogen) atoms. The lowest BCUT2D eigenvalue weighted by Gasteiger charge is -2.19. The van der Waals surface area contributed by atoms with E-state index in [1.807, 2.05) is 0 Å². The van der Waals surface area contributed by atoms with E-state index in [0.29, 0.717) is 0 Å². The molecular weight excluding hydrogens is 218 g/mol. The summed E-state index contributed by atoms with van der Waals surface area (Å²) in [6.45, 7) is 8.79. The normalized spacial score (nSPS) is 10.0. The maximum atomic E-state index is 5.02. The van der Waals surface area contributed by atoms with Gasteiger partial charge in [0, 0.05) is 13.7 Å². The minimum Gasteiger partial charge on any atom is -0.383 e. The Morgan fingerprint density at radius 3 is 1.83 bits per heavy atom. The molecule has 0 heterocycles. The third-order valence-electron chi connectivity index (χ3n) is 1.69. The predicted molar refractivity (Wildman–Crippen MR) is 59.2 cm³/mol. The zero-order chi connectivity index (χ0) is 8.53. The van der Waals surface area contributed by atoms with Gasteiger partial charge in [-0.05, 0) is 25.9 Å². The first kappa shape index (κ1) is 14.9. The summed E-state index contributed by atoms with van der Waals surface area (Å²) in [6, 6.07) is 0. The molecule has 0 aromatic heterocycles. The Balaban J connectivity index is 0. The maximum Gasteiger partial charge on any atom is 0.0589 e. The van der Waals surface area contributed by atoms with Crippen LogP contribution in [0.3, 0.4) is 0 Å². The Morgan fingerprint density at radius 1 is 1.00 bits per heavy atom. The number of methoxy groups -OCH3 is 1. The van der Waals surface area contributed by atoms with Crippen molar-refractivity contribution >= 4 is 17.0 Å². The summed E-state index contributed by atoms with van der Waals surface area (Å²) in [5.41, 5.74) is 0. The summed E-state index contributed by atoms with van der Waals surface area (Å²) in [6.07, 6.45) is 2.48. The van der Waals surface area contributed by atoms with Crippen molar-refractivity contribution < 1.29 is 4.74 Å². The van der Waals surface area contributed by atoms with Crippen molar-refractivity contribution in [2.75, 3.05) is 33.4 Å². The molecule has 0 aliphatic carbocycles. The van der Waals surface area contributed by atoms with Crippen molar-refractivity contribution in [3.05, 3.63) is 0 Å². The van der Waals surface area contributed by atoms with Crippen LogP contribution in [0.2, 0.25) is 0 Å². The third-order valence-corrected chi connectivity index (χ3v) is 1.69. The summed E-state index contributed by atoms with van der Waals surface area (Å²) in [4.78, 5) is 2.45. The van der Waals surface area contributed by atoms with Crippen molar-refractivity contribution in [3.63, 3.8) is 0 Å². The molecule has 3 heteroatoms. The van der Waals surface area contributed by atoms with E-state index >= 15 is 0 Å². The summed E-state index contributed by atoms with van der Waals surface area (Å²) < 4.78 is 5.02. The molecule has 0 bridgehead atoms. The highest BCUT2D eigenvalue weighted by atomic mass is 79.9. The van der Waals surface area contributed by atoms with Crippen LogP contribution in [0, 0.1) is 0 Å². The van der Waals surface area contributed by atoms with Gasteiger partial charge in [-0.25, -0.2) is 0 Å². The molecule has 0 N–H and O–H groups in total. The van der Waals surface area contributed by atoms with E-state index in [9.17, 15) is 0 Å². The van der Waals surface area contributed by atoms with Gasteiger partial charge in [0.05, 0.1) is 6.61 Å². The van der Waals surface area contributed by atoms with Crippen LogP contribution in [0.15, 0.2) is 0 Å². The van der Waals surface area contributed by atoms with Crippen LogP contribution in [-0.2, 0) is 4.74 Å². The Bertz CT molecular complexity index is 74.9. The molecule has 0 spiro atoms. The fourth-order valence-corrected chi connectivity index (χ4v) is 1.19. The van der Waals surface area contributed by atoms with E-state index in [2.05, 4.69) is 18.7 Å². The second-order valence-corrected chi connectivity index (χ2v) is 2.83. The maximum absolute atomic E-state index is 5.02. The number of halogens is 1. The second kappa shape index (κ2) is 11.4. The lowest BCUT2D eigenvalue weighted by atomic mass is 10.3. The molecule has 76 valence electrons. The summed E-state index contributed by atoms with van der Waals surface area (Å²) >= 11 is 0. The molecule has 0 aliphatic rings. The first-order valence-electron chi connectivity index (χ1n) is 4.56. The molecule has 0 saturated heterocycles. The van der Waals surface area contributed by atoms with Gasteiger partial charge in [0.15, 0.2) is 0 Å². The molecule has 0 aromatic carbocycles. The largest absolute Gasteiger partial charge is 0.383 e. The smallest absolute Gasteiger partial charge is 0.0589 e. The minimum absolute atomic E-state index is 0. The Kier molecular flexibility index (Phi) is 14.2. The van der Waals surface area contributed by atoms with E-state index in [0.717, 1.165) is 13.2 Å². The molecule has 0 rings (SSSR count). The fourth-order valence-electron chi connectivity index (χ4n) is 1.19. The number of nitrogens with zero attached hydrogens (tertiary/aromatic N) is 1. The van der Waals surface area contributed by atoms with Crippen molar-refractivity contribution in [2.45, 2.75) is 26.7 Å². The highest BCUT2D eigenvalue weighted by Crippen LogP contribution is 1.93. The van der Waals surface area contributed by atoms with Gasteiger partial charge in [-0.2, -0.15) is 0 Å². The highest BCUT2D eigenvalue weighted by Gasteiger charge is 1.99. The molecule has 0 radical (unpaired) electrons. The van der Waals surface area contributed by atoms with Crippen LogP contribution < -0.4 is 0 Å². The van der Waals surface area contributed by atoms with Gasteiger partial charge in [-0.1, -0.05) is 13.8 Å². The molecule has 2 nitrogen and oxygen atoms in total.